The summed E-state index contributed by atoms with van der Waals surface area (Å²) < 4.78 is 26.8. The zero-order valence-corrected chi connectivity index (χ0v) is 14.3. The zero-order chi connectivity index (χ0) is 16.3. The van der Waals surface area contributed by atoms with E-state index in [-0.39, 0.29) is 17.8 Å². The number of rotatable bonds is 6. The third-order valence-corrected chi connectivity index (χ3v) is 5.56. The van der Waals surface area contributed by atoms with Gasteiger partial charge in [0.2, 0.25) is 0 Å². The van der Waals surface area contributed by atoms with Crippen LogP contribution in [0.1, 0.15) is 31.3 Å². The molecule has 2 atom stereocenters. The minimum Gasteiger partial charge on any atom is -0.337 e. The van der Waals surface area contributed by atoms with Gasteiger partial charge >= 0.3 is 0 Å². The fraction of sp³-hybridized carbons (Fsp3) is 0.438. The Morgan fingerprint density at radius 1 is 1.23 bits per heavy atom. The number of sulfone groups is 1. The minimum absolute atomic E-state index is 0.0109. The smallest absolute Gasteiger partial charge is 0.179 e. The maximum absolute atomic E-state index is 12.4. The van der Waals surface area contributed by atoms with Gasteiger partial charge in [0.15, 0.2) is 9.84 Å². The first-order valence-electron chi connectivity index (χ1n) is 7.32. The first-order valence-corrected chi connectivity index (χ1v) is 8.97. The SMILES string of the molecule is Cc1ccc(S(=O)(=O)CC(C)NC(C)c2nccn2C)cc1. The van der Waals surface area contributed by atoms with Crippen molar-refractivity contribution in [2.24, 2.45) is 7.05 Å². The number of nitrogens with zero attached hydrogens (tertiary/aromatic N) is 2. The number of aromatic nitrogens is 2. The standard InChI is InChI=1S/C16H23N3O2S/c1-12-5-7-15(8-6-12)22(20,21)11-13(2)18-14(3)16-17-9-10-19(16)4/h5-10,13-14,18H,11H2,1-4H3. The molecule has 0 spiro atoms. The maximum atomic E-state index is 12.4. The molecule has 5 nitrogen and oxygen atoms in total. The average molecular weight is 321 g/mol. The third kappa shape index (κ3) is 3.96. The highest BCUT2D eigenvalue weighted by atomic mass is 32.2. The lowest BCUT2D eigenvalue weighted by atomic mass is 10.2. The molecule has 0 radical (unpaired) electrons. The molecule has 1 N–H and O–H groups in total. The molecular weight excluding hydrogens is 298 g/mol. The van der Waals surface area contributed by atoms with Gasteiger partial charge in [-0.15, -0.1) is 0 Å². The lowest BCUT2D eigenvalue weighted by Crippen LogP contribution is -2.35. The van der Waals surface area contributed by atoms with Gasteiger partial charge < -0.3 is 9.88 Å². The van der Waals surface area contributed by atoms with Crippen molar-refractivity contribution in [2.75, 3.05) is 5.75 Å². The lowest BCUT2D eigenvalue weighted by molar-refractivity contribution is 0.473. The summed E-state index contributed by atoms with van der Waals surface area (Å²) in [6.45, 7) is 5.80. The van der Waals surface area contributed by atoms with Crippen molar-refractivity contribution in [3.8, 4) is 0 Å². The van der Waals surface area contributed by atoms with Gasteiger partial charge in [0.05, 0.1) is 16.7 Å². The normalized spacial score (nSPS) is 14.7. The van der Waals surface area contributed by atoms with Crippen LogP contribution in [0.3, 0.4) is 0 Å². The molecule has 0 amide bonds. The quantitative estimate of drug-likeness (QED) is 0.886. The molecule has 0 aliphatic carbocycles. The van der Waals surface area contributed by atoms with Gasteiger partial charge in [-0.1, -0.05) is 17.7 Å². The van der Waals surface area contributed by atoms with E-state index in [1.807, 2.05) is 50.7 Å². The number of hydrogen-bond acceptors (Lipinski definition) is 4. The molecule has 1 heterocycles. The van der Waals surface area contributed by atoms with Crippen molar-refractivity contribution in [3.63, 3.8) is 0 Å². The number of imidazole rings is 1. The van der Waals surface area contributed by atoms with Crippen molar-refractivity contribution in [2.45, 2.75) is 37.8 Å². The van der Waals surface area contributed by atoms with E-state index in [4.69, 9.17) is 0 Å². The summed E-state index contributed by atoms with van der Waals surface area (Å²) in [5.41, 5.74) is 1.05. The van der Waals surface area contributed by atoms with Crippen molar-refractivity contribution >= 4 is 9.84 Å². The predicted octanol–water partition coefficient (Wildman–Crippen LogP) is 2.24. The molecule has 0 aliphatic heterocycles. The highest BCUT2D eigenvalue weighted by Crippen LogP contribution is 2.15. The topological polar surface area (TPSA) is 64.0 Å². The molecule has 2 aromatic rings. The Labute approximate surface area is 132 Å². The fourth-order valence-electron chi connectivity index (χ4n) is 2.51. The Morgan fingerprint density at radius 2 is 1.86 bits per heavy atom. The molecule has 120 valence electrons. The van der Waals surface area contributed by atoms with Gasteiger partial charge in [0.25, 0.3) is 0 Å². The molecule has 6 heteroatoms. The van der Waals surface area contributed by atoms with E-state index in [1.54, 1.807) is 18.3 Å². The molecule has 0 saturated carbocycles. The van der Waals surface area contributed by atoms with Crippen LogP contribution in [0.15, 0.2) is 41.6 Å². The first-order chi connectivity index (χ1) is 10.3. The Hall–Kier alpha value is -1.66. The second kappa shape index (κ2) is 6.62. The van der Waals surface area contributed by atoms with E-state index in [1.165, 1.54) is 0 Å². The van der Waals surface area contributed by atoms with Gasteiger partial charge in [-0.05, 0) is 32.9 Å². The second-order valence-corrected chi connectivity index (χ2v) is 7.81. The predicted molar refractivity (Wildman–Crippen MR) is 87.5 cm³/mol. The Morgan fingerprint density at radius 3 is 2.41 bits per heavy atom. The van der Waals surface area contributed by atoms with Crippen molar-refractivity contribution in [3.05, 3.63) is 48.0 Å². The van der Waals surface area contributed by atoms with E-state index in [2.05, 4.69) is 10.3 Å². The first kappa shape index (κ1) is 16.7. The highest BCUT2D eigenvalue weighted by molar-refractivity contribution is 7.91. The van der Waals surface area contributed by atoms with Crippen LogP contribution >= 0.6 is 0 Å². The van der Waals surface area contributed by atoms with Crippen LogP contribution in [0.5, 0.6) is 0 Å². The average Bonchev–Trinajstić information content (AvgIpc) is 2.84. The highest BCUT2D eigenvalue weighted by Gasteiger charge is 2.21. The molecule has 0 bridgehead atoms. The summed E-state index contributed by atoms with van der Waals surface area (Å²) in [6, 6.07) is 6.79. The van der Waals surface area contributed by atoms with E-state index in [0.717, 1.165) is 11.4 Å². The van der Waals surface area contributed by atoms with Crippen molar-refractivity contribution in [1.29, 1.82) is 0 Å². The maximum Gasteiger partial charge on any atom is 0.179 e. The summed E-state index contributed by atoms with van der Waals surface area (Å²) >= 11 is 0. The van der Waals surface area contributed by atoms with Gasteiger partial charge in [0, 0.05) is 25.5 Å². The van der Waals surface area contributed by atoms with Crippen LogP contribution in [0.4, 0.5) is 0 Å². The fourth-order valence-corrected chi connectivity index (χ4v) is 4.01. The summed E-state index contributed by atoms with van der Waals surface area (Å²) in [4.78, 5) is 4.66. The Balaban J connectivity index is 2.03. The molecule has 22 heavy (non-hydrogen) atoms. The van der Waals surface area contributed by atoms with E-state index in [9.17, 15) is 8.42 Å². The van der Waals surface area contributed by atoms with Gasteiger partial charge in [0.1, 0.15) is 5.82 Å². The Bertz CT molecular complexity index is 720. The van der Waals surface area contributed by atoms with Crippen LogP contribution in [-0.2, 0) is 16.9 Å². The summed E-state index contributed by atoms with van der Waals surface area (Å²) in [5, 5.41) is 3.30. The van der Waals surface area contributed by atoms with Crippen molar-refractivity contribution in [1.82, 2.24) is 14.9 Å². The second-order valence-electron chi connectivity index (χ2n) is 5.78. The lowest BCUT2D eigenvalue weighted by Gasteiger charge is -2.20. The molecule has 0 fully saturated rings. The minimum atomic E-state index is -3.29. The number of hydrogen-bond donors (Lipinski definition) is 1. The largest absolute Gasteiger partial charge is 0.337 e. The van der Waals surface area contributed by atoms with Crippen LogP contribution in [-0.4, -0.2) is 29.8 Å². The van der Waals surface area contributed by atoms with Crippen LogP contribution < -0.4 is 5.32 Å². The van der Waals surface area contributed by atoms with E-state index >= 15 is 0 Å². The van der Waals surface area contributed by atoms with Crippen LogP contribution in [0, 0.1) is 6.92 Å². The van der Waals surface area contributed by atoms with Crippen LogP contribution in [0.2, 0.25) is 0 Å². The van der Waals surface area contributed by atoms with Crippen LogP contribution in [0.25, 0.3) is 0 Å². The summed E-state index contributed by atoms with van der Waals surface area (Å²) in [6.07, 6.45) is 3.61. The summed E-state index contributed by atoms with van der Waals surface area (Å²) in [7, 11) is -1.37. The summed E-state index contributed by atoms with van der Waals surface area (Å²) in [5.74, 6) is 0.949. The molecule has 2 unspecified atom stereocenters. The number of nitrogens with one attached hydrogen (secondary N) is 1. The number of benzene rings is 1. The molecular formula is C16H23N3O2S. The molecule has 0 aliphatic rings. The van der Waals surface area contributed by atoms with Gasteiger partial charge in [-0.25, -0.2) is 13.4 Å². The van der Waals surface area contributed by atoms with Gasteiger partial charge in [-0.3, -0.25) is 0 Å². The Kier molecular flexibility index (Phi) is 5.03. The molecule has 2 rings (SSSR count). The monoisotopic (exact) mass is 321 g/mol. The van der Waals surface area contributed by atoms with Crippen molar-refractivity contribution < 1.29 is 8.42 Å². The zero-order valence-electron chi connectivity index (χ0n) is 13.4. The third-order valence-electron chi connectivity index (χ3n) is 3.63. The molecule has 1 aromatic heterocycles. The van der Waals surface area contributed by atoms with E-state index < -0.39 is 9.84 Å². The molecule has 0 saturated heterocycles. The van der Waals surface area contributed by atoms with E-state index in [0.29, 0.717) is 4.90 Å². The van der Waals surface area contributed by atoms with Gasteiger partial charge in [-0.2, -0.15) is 0 Å². The number of aryl methyl sites for hydroxylation is 2. The molecule has 1 aromatic carbocycles.